The number of aliphatic hydroxyl groups is 1. The maximum Gasteiger partial charge on any atom is 0.0967 e. The molecular formula is C8H7NO. The Morgan fingerprint density at radius 3 is 3.10 bits per heavy atom. The second-order valence-electron chi connectivity index (χ2n) is 2.36. The van der Waals surface area contributed by atoms with Crippen LogP contribution in [0, 0.1) is 0 Å². The van der Waals surface area contributed by atoms with E-state index in [1.807, 2.05) is 12.2 Å². The number of hydrogen-bond donors (Lipinski definition) is 1. The number of nitrogens with zero attached hydrogens (tertiary/aromatic N) is 1. The number of hydrogen-bond acceptors (Lipinski definition) is 2. The summed E-state index contributed by atoms with van der Waals surface area (Å²) >= 11 is 0. The number of aliphatic imine (C=N–C) groups is 1. The van der Waals surface area contributed by atoms with Gasteiger partial charge in [0.05, 0.1) is 11.5 Å². The zero-order chi connectivity index (χ0) is 6.97. The molecule has 0 fully saturated rings. The third kappa shape index (κ3) is 0.692. The van der Waals surface area contributed by atoms with Crippen LogP contribution in [0.1, 0.15) is 6.42 Å². The topological polar surface area (TPSA) is 32.6 Å². The Bertz CT molecular complexity index is 282. The molecule has 50 valence electrons. The van der Waals surface area contributed by atoms with Crippen LogP contribution in [0.15, 0.2) is 40.2 Å². The summed E-state index contributed by atoms with van der Waals surface area (Å²) in [5.74, 6) is 0.417. The molecule has 0 unspecified atom stereocenters. The molecule has 2 heteroatoms. The molecular weight excluding hydrogens is 126 g/mol. The molecule has 0 radical (unpaired) electrons. The summed E-state index contributed by atoms with van der Waals surface area (Å²) in [4.78, 5) is 4.08. The van der Waals surface area contributed by atoms with Crippen molar-refractivity contribution in [2.75, 3.05) is 0 Å². The van der Waals surface area contributed by atoms with Gasteiger partial charge in [-0.15, -0.1) is 0 Å². The SMILES string of the molecule is OC1=CC=C2N=CC=C2C1. The first-order chi connectivity index (χ1) is 4.86. The fraction of sp³-hybridized carbons (Fsp3) is 0.125. The Kier molecular flexibility index (Phi) is 1.01. The average Bonchev–Trinajstić information content (AvgIpc) is 2.33. The third-order valence-electron chi connectivity index (χ3n) is 1.62. The van der Waals surface area contributed by atoms with Gasteiger partial charge in [0.25, 0.3) is 0 Å². The quantitative estimate of drug-likeness (QED) is 0.536. The van der Waals surface area contributed by atoms with Crippen LogP contribution in [-0.2, 0) is 0 Å². The van der Waals surface area contributed by atoms with E-state index in [2.05, 4.69) is 4.99 Å². The molecule has 2 nitrogen and oxygen atoms in total. The standard InChI is InChI=1S/C8H7NO/c10-7-1-2-8-6(5-7)3-4-9-8/h1-4,10H,5H2. The first-order valence-corrected chi connectivity index (χ1v) is 3.20. The molecule has 10 heavy (non-hydrogen) atoms. The summed E-state index contributed by atoms with van der Waals surface area (Å²) in [6, 6.07) is 0. The van der Waals surface area contributed by atoms with Crippen molar-refractivity contribution in [3.63, 3.8) is 0 Å². The highest BCUT2D eigenvalue weighted by Crippen LogP contribution is 2.26. The highest BCUT2D eigenvalue weighted by Gasteiger charge is 2.12. The first kappa shape index (κ1) is 5.47. The van der Waals surface area contributed by atoms with Gasteiger partial charge in [0.2, 0.25) is 0 Å². The van der Waals surface area contributed by atoms with Crippen molar-refractivity contribution in [1.29, 1.82) is 0 Å². The molecule has 1 aliphatic heterocycles. The van der Waals surface area contributed by atoms with Crippen LogP contribution in [0.4, 0.5) is 0 Å². The summed E-state index contributed by atoms with van der Waals surface area (Å²) in [6.07, 6.45) is 7.83. The Hall–Kier alpha value is -1.31. The largest absolute Gasteiger partial charge is 0.512 e. The maximum absolute atomic E-state index is 9.08. The van der Waals surface area contributed by atoms with Gasteiger partial charge in [0.15, 0.2) is 0 Å². The lowest BCUT2D eigenvalue weighted by atomic mass is 10.0. The van der Waals surface area contributed by atoms with Crippen LogP contribution in [-0.4, -0.2) is 11.3 Å². The summed E-state index contributed by atoms with van der Waals surface area (Å²) in [5, 5.41) is 9.08. The van der Waals surface area contributed by atoms with Crippen molar-refractivity contribution in [1.82, 2.24) is 0 Å². The average molecular weight is 133 g/mol. The Balaban J connectivity index is 2.42. The van der Waals surface area contributed by atoms with E-state index in [0.717, 1.165) is 11.3 Å². The van der Waals surface area contributed by atoms with Crippen molar-refractivity contribution < 1.29 is 5.11 Å². The first-order valence-electron chi connectivity index (χ1n) is 3.20. The van der Waals surface area contributed by atoms with Crippen LogP contribution >= 0.6 is 0 Å². The Labute approximate surface area is 58.9 Å². The van der Waals surface area contributed by atoms with Crippen LogP contribution < -0.4 is 0 Å². The van der Waals surface area contributed by atoms with Crippen LogP contribution in [0.3, 0.4) is 0 Å². The van der Waals surface area contributed by atoms with Crippen molar-refractivity contribution in [2.24, 2.45) is 4.99 Å². The fourth-order valence-electron chi connectivity index (χ4n) is 1.10. The number of aliphatic hydroxyl groups excluding tert-OH is 1. The molecule has 0 saturated heterocycles. The van der Waals surface area contributed by atoms with E-state index in [9.17, 15) is 0 Å². The van der Waals surface area contributed by atoms with E-state index in [1.54, 1.807) is 12.3 Å². The van der Waals surface area contributed by atoms with E-state index in [1.165, 1.54) is 0 Å². The molecule has 0 amide bonds. The van der Waals surface area contributed by atoms with Gasteiger partial charge in [-0.05, 0) is 23.8 Å². The molecule has 0 saturated carbocycles. The fourth-order valence-corrected chi connectivity index (χ4v) is 1.10. The third-order valence-corrected chi connectivity index (χ3v) is 1.62. The molecule has 1 heterocycles. The van der Waals surface area contributed by atoms with Gasteiger partial charge < -0.3 is 5.11 Å². The maximum atomic E-state index is 9.08. The van der Waals surface area contributed by atoms with Gasteiger partial charge in [-0.2, -0.15) is 0 Å². The number of fused-ring (bicyclic) bond motifs is 1. The van der Waals surface area contributed by atoms with Gasteiger partial charge in [-0.1, -0.05) is 0 Å². The predicted octanol–water partition coefficient (Wildman–Crippen LogP) is 1.73. The smallest absolute Gasteiger partial charge is 0.0967 e. The second kappa shape index (κ2) is 1.84. The molecule has 0 atom stereocenters. The number of allylic oxidation sites excluding steroid dienone is 5. The van der Waals surface area contributed by atoms with Gasteiger partial charge in [-0.25, -0.2) is 0 Å². The van der Waals surface area contributed by atoms with Gasteiger partial charge >= 0.3 is 0 Å². The van der Waals surface area contributed by atoms with Gasteiger partial charge in [0.1, 0.15) is 0 Å². The molecule has 0 aromatic rings. The molecule has 0 bridgehead atoms. The molecule has 0 spiro atoms. The van der Waals surface area contributed by atoms with E-state index < -0.39 is 0 Å². The minimum Gasteiger partial charge on any atom is -0.512 e. The molecule has 1 N–H and O–H groups in total. The molecule has 2 rings (SSSR count). The summed E-state index contributed by atoms with van der Waals surface area (Å²) < 4.78 is 0. The van der Waals surface area contributed by atoms with Crippen molar-refractivity contribution in [2.45, 2.75) is 6.42 Å². The Morgan fingerprint density at radius 1 is 1.30 bits per heavy atom. The minimum atomic E-state index is 0.417. The van der Waals surface area contributed by atoms with E-state index >= 15 is 0 Å². The predicted molar refractivity (Wildman–Crippen MR) is 40.0 cm³/mol. The van der Waals surface area contributed by atoms with Gasteiger partial charge in [-0.3, -0.25) is 4.99 Å². The normalized spacial score (nSPS) is 21.4. The van der Waals surface area contributed by atoms with E-state index in [4.69, 9.17) is 5.11 Å². The van der Waals surface area contributed by atoms with Crippen molar-refractivity contribution in [3.05, 3.63) is 35.3 Å². The number of rotatable bonds is 0. The summed E-state index contributed by atoms with van der Waals surface area (Å²) in [6.45, 7) is 0. The zero-order valence-electron chi connectivity index (χ0n) is 5.41. The summed E-state index contributed by atoms with van der Waals surface area (Å²) in [7, 11) is 0. The Morgan fingerprint density at radius 2 is 2.20 bits per heavy atom. The summed E-state index contributed by atoms with van der Waals surface area (Å²) in [5.41, 5.74) is 2.10. The highest BCUT2D eigenvalue weighted by molar-refractivity contribution is 5.80. The zero-order valence-corrected chi connectivity index (χ0v) is 5.41. The molecule has 0 aromatic heterocycles. The van der Waals surface area contributed by atoms with Crippen LogP contribution in [0.2, 0.25) is 0 Å². The van der Waals surface area contributed by atoms with Crippen molar-refractivity contribution >= 4 is 6.21 Å². The van der Waals surface area contributed by atoms with Crippen LogP contribution in [0.25, 0.3) is 0 Å². The molecule has 0 aromatic carbocycles. The molecule has 1 aliphatic carbocycles. The van der Waals surface area contributed by atoms with Crippen LogP contribution in [0.5, 0.6) is 0 Å². The second-order valence-corrected chi connectivity index (χ2v) is 2.36. The molecule has 2 aliphatic rings. The van der Waals surface area contributed by atoms with Gasteiger partial charge in [0, 0.05) is 12.6 Å². The minimum absolute atomic E-state index is 0.417. The lowest BCUT2D eigenvalue weighted by molar-refractivity contribution is 0.397. The lowest BCUT2D eigenvalue weighted by Crippen LogP contribution is -1.92. The monoisotopic (exact) mass is 133 g/mol. The lowest BCUT2D eigenvalue weighted by Gasteiger charge is -2.06. The van der Waals surface area contributed by atoms with E-state index in [0.29, 0.717) is 12.2 Å². The van der Waals surface area contributed by atoms with E-state index in [-0.39, 0.29) is 0 Å². The van der Waals surface area contributed by atoms with Crippen molar-refractivity contribution in [3.8, 4) is 0 Å². The highest BCUT2D eigenvalue weighted by atomic mass is 16.3.